The number of hydrogen-bond donors (Lipinski definition) is 2. The van der Waals surface area contributed by atoms with Crippen LogP contribution in [0, 0.1) is 12.7 Å². The molecule has 0 bridgehead atoms. The van der Waals surface area contributed by atoms with Gasteiger partial charge in [0.05, 0.1) is 11.7 Å². The van der Waals surface area contributed by atoms with Gasteiger partial charge in [0.15, 0.2) is 11.0 Å². The van der Waals surface area contributed by atoms with Crippen molar-refractivity contribution >= 4 is 29.4 Å². The summed E-state index contributed by atoms with van der Waals surface area (Å²) >= 11 is 7.90. The Hall–Kier alpha value is -3.36. The Morgan fingerprint density at radius 1 is 1.03 bits per heavy atom. The fraction of sp³-hybridized carbons (Fsp3) is 0.276. The van der Waals surface area contributed by atoms with Gasteiger partial charge in [-0.1, -0.05) is 71.9 Å². The van der Waals surface area contributed by atoms with Gasteiger partial charge in [0.25, 0.3) is 0 Å². The number of aromatic nitrogens is 3. The molecule has 4 rings (SSSR count). The number of benzene rings is 3. The average Bonchev–Trinajstić information content (AvgIpc) is 3.28. The quantitative estimate of drug-likeness (QED) is 0.230. The second-order valence-corrected chi connectivity index (χ2v) is 11.5. The van der Waals surface area contributed by atoms with Crippen LogP contribution < -0.4 is 10.6 Å². The molecule has 0 fully saturated rings. The number of rotatable bonds is 8. The van der Waals surface area contributed by atoms with Crippen molar-refractivity contribution < 1.29 is 9.18 Å². The Morgan fingerprint density at radius 2 is 1.74 bits per heavy atom. The van der Waals surface area contributed by atoms with Gasteiger partial charge in [-0.2, -0.15) is 0 Å². The molecule has 1 unspecified atom stereocenters. The topological polar surface area (TPSA) is 71.8 Å². The summed E-state index contributed by atoms with van der Waals surface area (Å²) in [5.74, 6) is 0.881. The molecule has 3 aromatic carbocycles. The standard InChI is InChI=1S/C29H31ClFN5OS/c1-19-10-13-22(30)17-25(19)36-26(34-35-28(36)38-18-21-11-14-23(31)15-12-21)24(16-20-8-6-5-7-9-20)32-27(37)33-29(2,3)4/h5-15,17,24H,16,18H2,1-4H3,(H2,32,33,37). The maximum absolute atomic E-state index is 13.4. The predicted molar refractivity (Wildman–Crippen MR) is 151 cm³/mol. The lowest BCUT2D eigenvalue weighted by Gasteiger charge is -2.25. The van der Waals surface area contributed by atoms with E-state index >= 15 is 0 Å². The van der Waals surface area contributed by atoms with E-state index in [2.05, 4.69) is 20.8 Å². The molecule has 0 aliphatic carbocycles. The fourth-order valence-corrected chi connectivity index (χ4v) is 5.04. The fourth-order valence-electron chi connectivity index (χ4n) is 3.97. The molecule has 0 aliphatic heterocycles. The van der Waals surface area contributed by atoms with E-state index in [9.17, 15) is 9.18 Å². The van der Waals surface area contributed by atoms with Crippen LogP contribution in [-0.2, 0) is 12.2 Å². The third-order valence-electron chi connectivity index (χ3n) is 5.74. The van der Waals surface area contributed by atoms with Gasteiger partial charge in [-0.05, 0) is 68.7 Å². The van der Waals surface area contributed by atoms with Crippen molar-refractivity contribution in [3.05, 3.63) is 106 Å². The van der Waals surface area contributed by atoms with Crippen LogP contribution in [0.25, 0.3) is 5.69 Å². The molecule has 1 aromatic heterocycles. The zero-order valence-electron chi connectivity index (χ0n) is 21.8. The highest BCUT2D eigenvalue weighted by Crippen LogP contribution is 2.31. The Bertz CT molecular complexity index is 1390. The van der Waals surface area contributed by atoms with Crippen LogP contribution in [0.2, 0.25) is 5.02 Å². The molecule has 1 atom stereocenters. The molecule has 0 radical (unpaired) electrons. The van der Waals surface area contributed by atoms with Gasteiger partial charge in [-0.3, -0.25) is 4.57 Å². The summed E-state index contributed by atoms with van der Waals surface area (Å²) in [6, 6.07) is 21.2. The van der Waals surface area contributed by atoms with Gasteiger partial charge in [0.1, 0.15) is 5.82 Å². The molecule has 2 amide bonds. The maximum atomic E-state index is 13.4. The molecule has 6 nitrogen and oxygen atoms in total. The molecule has 0 saturated carbocycles. The van der Waals surface area contributed by atoms with Crippen molar-refractivity contribution in [2.45, 2.75) is 56.6 Å². The van der Waals surface area contributed by atoms with Gasteiger partial charge >= 0.3 is 6.03 Å². The summed E-state index contributed by atoms with van der Waals surface area (Å²) in [5.41, 5.74) is 3.41. The SMILES string of the molecule is Cc1ccc(Cl)cc1-n1c(SCc2ccc(F)cc2)nnc1C(Cc1ccccc1)NC(=O)NC(C)(C)C. The molecule has 198 valence electrons. The van der Waals surface area contributed by atoms with Crippen LogP contribution in [0.3, 0.4) is 0 Å². The van der Waals surface area contributed by atoms with E-state index in [0.717, 1.165) is 22.4 Å². The molecular formula is C29H31ClFN5OS. The number of aryl methyl sites for hydroxylation is 1. The van der Waals surface area contributed by atoms with Gasteiger partial charge in [-0.25, -0.2) is 9.18 Å². The van der Waals surface area contributed by atoms with Crippen molar-refractivity contribution in [2.24, 2.45) is 0 Å². The number of halogens is 2. The van der Waals surface area contributed by atoms with Crippen LogP contribution in [0.1, 0.15) is 49.3 Å². The van der Waals surface area contributed by atoms with Crippen LogP contribution in [0.15, 0.2) is 78.0 Å². The number of carbonyl (C=O) groups excluding carboxylic acids is 1. The largest absolute Gasteiger partial charge is 0.334 e. The van der Waals surface area contributed by atoms with Crippen molar-refractivity contribution in [2.75, 3.05) is 0 Å². The highest BCUT2D eigenvalue weighted by molar-refractivity contribution is 7.98. The second-order valence-electron chi connectivity index (χ2n) is 10.1. The number of urea groups is 1. The van der Waals surface area contributed by atoms with Crippen LogP contribution >= 0.6 is 23.4 Å². The zero-order chi connectivity index (χ0) is 27.3. The molecule has 38 heavy (non-hydrogen) atoms. The number of nitrogens with one attached hydrogen (secondary N) is 2. The van der Waals surface area contributed by atoms with E-state index in [1.165, 1.54) is 23.9 Å². The Kier molecular flexibility index (Phi) is 8.74. The smallest absolute Gasteiger partial charge is 0.315 e. The Morgan fingerprint density at radius 3 is 2.42 bits per heavy atom. The third kappa shape index (κ3) is 7.36. The van der Waals surface area contributed by atoms with E-state index < -0.39 is 11.6 Å². The highest BCUT2D eigenvalue weighted by atomic mass is 35.5. The molecule has 2 N–H and O–H groups in total. The minimum atomic E-state index is -0.481. The van der Waals surface area contributed by atoms with E-state index in [-0.39, 0.29) is 11.8 Å². The number of hydrogen-bond acceptors (Lipinski definition) is 4. The van der Waals surface area contributed by atoms with Crippen LogP contribution in [0.4, 0.5) is 9.18 Å². The van der Waals surface area contributed by atoms with E-state index in [4.69, 9.17) is 11.6 Å². The molecule has 4 aromatic rings. The van der Waals surface area contributed by atoms with Gasteiger partial charge in [-0.15, -0.1) is 10.2 Å². The first-order chi connectivity index (χ1) is 18.1. The van der Waals surface area contributed by atoms with Crippen LogP contribution in [0.5, 0.6) is 0 Å². The second kappa shape index (κ2) is 12.0. The van der Waals surface area contributed by atoms with E-state index in [1.807, 2.05) is 80.8 Å². The lowest BCUT2D eigenvalue weighted by atomic mass is 10.0. The minimum Gasteiger partial charge on any atom is -0.334 e. The molecule has 9 heteroatoms. The predicted octanol–water partition coefficient (Wildman–Crippen LogP) is 7.04. The average molecular weight is 552 g/mol. The maximum Gasteiger partial charge on any atom is 0.315 e. The van der Waals surface area contributed by atoms with Crippen molar-refractivity contribution in [3.63, 3.8) is 0 Å². The molecular weight excluding hydrogens is 521 g/mol. The monoisotopic (exact) mass is 551 g/mol. The van der Waals surface area contributed by atoms with Crippen molar-refractivity contribution in [1.82, 2.24) is 25.4 Å². The van der Waals surface area contributed by atoms with Crippen LogP contribution in [-0.4, -0.2) is 26.3 Å². The number of carbonyl (C=O) groups is 1. The van der Waals surface area contributed by atoms with Crippen molar-refractivity contribution in [3.8, 4) is 5.69 Å². The zero-order valence-corrected chi connectivity index (χ0v) is 23.4. The first kappa shape index (κ1) is 27.7. The first-order valence-electron chi connectivity index (χ1n) is 12.3. The van der Waals surface area contributed by atoms with Gasteiger partial charge < -0.3 is 10.6 Å². The number of thioether (sulfide) groups is 1. The Balaban J connectivity index is 1.76. The number of amides is 2. The summed E-state index contributed by atoms with van der Waals surface area (Å²) in [6.45, 7) is 7.79. The third-order valence-corrected chi connectivity index (χ3v) is 6.98. The minimum absolute atomic E-state index is 0.276. The lowest BCUT2D eigenvalue weighted by molar-refractivity contribution is 0.227. The Labute approximate surface area is 232 Å². The molecule has 0 spiro atoms. The summed E-state index contributed by atoms with van der Waals surface area (Å²) in [6.07, 6.45) is 0.513. The molecule has 0 aliphatic rings. The van der Waals surface area contributed by atoms with E-state index in [1.54, 1.807) is 12.1 Å². The van der Waals surface area contributed by atoms with Crippen molar-refractivity contribution in [1.29, 1.82) is 0 Å². The normalized spacial score (nSPS) is 12.3. The first-order valence-corrected chi connectivity index (χ1v) is 13.7. The van der Waals surface area contributed by atoms with E-state index in [0.29, 0.717) is 28.2 Å². The summed E-state index contributed by atoms with van der Waals surface area (Å²) in [4.78, 5) is 13.0. The summed E-state index contributed by atoms with van der Waals surface area (Å²) in [5, 5.41) is 16.4. The molecule has 1 heterocycles. The van der Waals surface area contributed by atoms with Gasteiger partial charge in [0, 0.05) is 22.7 Å². The highest BCUT2D eigenvalue weighted by Gasteiger charge is 2.27. The summed E-state index contributed by atoms with van der Waals surface area (Å²) < 4.78 is 15.4. The summed E-state index contributed by atoms with van der Waals surface area (Å²) in [7, 11) is 0. The lowest BCUT2D eigenvalue weighted by Crippen LogP contribution is -2.48. The number of nitrogens with zero attached hydrogens (tertiary/aromatic N) is 3. The molecule has 0 saturated heterocycles. The van der Waals surface area contributed by atoms with Gasteiger partial charge in [0.2, 0.25) is 0 Å².